The molecule has 0 radical (unpaired) electrons. The van der Waals surface area contributed by atoms with E-state index >= 15 is 0 Å². The Bertz CT molecular complexity index is 875. The van der Waals surface area contributed by atoms with Gasteiger partial charge in [-0.2, -0.15) is 0 Å². The number of benzene rings is 2. The molecule has 0 aliphatic carbocycles. The third kappa shape index (κ3) is 2.57. The van der Waals surface area contributed by atoms with Crippen LogP contribution in [0.3, 0.4) is 0 Å². The van der Waals surface area contributed by atoms with Crippen molar-refractivity contribution in [2.75, 3.05) is 18.0 Å². The van der Waals surface area contributed by atoms with Crippen molar-refractivity contribution in [2.24, 2.45) is 0 Å². The Labute approximate surface area is 137 Å². The summed E-state index contributed by atoms with van der Waals surface area (Å²) in [5, 5.41) is 3.75. The third-order valence-electron chi connectivity index (χ3n) is 4.03. The summed E-state index contributed by atoms with van der Waals surface area (Å²) in [5.41, 5.74) is 2.02. The molecule has 1 amide bonds. The molecule has 3 aromatic rings. The van der Waals surface area contributed by atoms with E-state index in [0.29, 0.717) is 24.5 Å². The molecular weight excluding hydrogens is 311 g/mol. The first kappa shape index (κ1) is 14.2. The zero-order valence-electron chi connectivity index (χ0n) is 12.4. The van der Waals surface area contributed by atoms with E-state index in [4.69, 9.17) is 0 Å². The number of hydrogen-bond acceptors (Lipinski definition) is 3. The van der Waals surface area contributed by atoms with Crippen molar-refractivity contribution in [1.82, 2.24) is 5.32 Å². The summed E-state index contributed by atoms with van der Waals surface area (Å²) in [6.07, 6.45) is 0. The lowest BCUT2D eigenvalue weighted by molar-refractivity contribution is 0.0962. The first-order valence-corrected chi connectivity index (χ1v) is 8.33. The number of carbonyl (C=O) groups is 1. The molecule has 23 heavy (non-hydrogen) atoms. The Kier molecular flexibility index (Phi) is 3.50. The van der Waals surface area contributed by atoms with Gasteiger partial charge in [0.1, 0.15) is 10.7 Å². The molecule has 3 nitrogen and oxygen atoms in total. The van der Waals surface area contributed by atoms with Crippen molar-refractivity contribution in [3.05, 3.63) is 64.8 Å². The second-order valence-electron chi connectivity index (χ2n) is 5.58. The van der Waals surface area contributed by atoms with Gasteiger partial charge in [0.05, 0.1) is 5.69 Å². The molecule has 0 fully saturated rings. The molecule has 0 unspecified atom stereocenters. The molecule has 5 heteroatoms. The van der Waals surface area contributed by atoms with E-state index in [2.05, 4.69) is 22.3 Å². The third-order valence-corrected chi connectivity index (χ3v) is 5.19. The molecule has 0 atom stereocenters. The molecule has 116 valence electrons. The molecule has 0 saturated carbocycles. The smallest absolute Gasteiger partial charge is 0.263 e. The van der Waals surface area contributed by atoms with E-state index in [1.54, 1.807) is 6.07 Å². The topological polar surface area (TPSA) is 32.3 Å². The van der Waals surface area contributed by atoms with Crippen LogP contribution in [-0.2, 0) is 6.54 Å². The summed E-state index contributed by atoms with van der Waals surface area (Å²) in [4.78, 5) is 15.2. The SMILES string of the molecule is O=C1NCCN(Cc2ccccc2)c2c1sc1ccc(F)cc21. The van der Waals surface area contributed by atoms with Gasteiger partial charge in [0.2, 0.25) is 0 Å². The van der Waals surface area contributed by atoms with Crippen LogP contribution in [-0.4, -0.2) is 19.0 Å². The van der Waals surface area contributed by atoms with E-state index in [9.17, 15) is 9.18 Å². The number of thiophene rings is 1. The van der Waals surface area contributed by atoms with E-state index in [1.807, 2.05) is 18.2 Å². The fourth-order valence-electron chi connectivity index (χ4n) is 2.98. The van der Waals surface area contributed by atoms with Crippen molar-refractivity contribution >= 4 is 33.0 Å². The Morgan fingerprint density at radius 3 is 2.83 bits per heavy atom. The van der Waals surface area contributed by atoms with Gasteiger partial charge in [-0.05, 0) is 23.8 Å². The molecule has 0 bridgehead atoms. The van der Waals surface area contributed by atoms with E-state index in [1.165, 1.54) is 29.0 Å². The second kappa shape index (κ2) is 5.66. The predicted molar refractivity (Wildman–Crippen MR) is 91.6 cm³/mol. The highest BCUT2D eigenvalue weighted by Crippen LogP contribution is 2.40. The van der Waals surface area contributed by atoms with Crippen LogP contribution in [0.1, 0.15) is 15.2 Å². The fraction of sp³-hybridized carbons (Fsp3) is 0.167. The molecule has 1 aliphatic heterocycles. The molecule has 0 spiro atoms. The molecule has 1 aliphatic rings. The summed E-state index contributed by atoms with van der Waals surface area (Å²) >= 11 is 1.42. The maximum atomic E-state index is 13.7. The van der Waals surface area contributed by atoms with Gasteiger partial charge >= 0.3 is 0 Å². The van der Waals surface area contributed by atoms with Gasteiger partial charge in [0.25, 0.3) is 5.91 Å². The van der Waals surface area contributed by atoms with Crippen LogP contribution in [0.25, 0.3) is 10.1 Å². The highest BCUT2D eigenvalue weighted by molar-refractivity contribution is 7.21. The molecule has 1 aromatic heterocycles. The number of rotatable bonds is 2. The second-order valence-corrected chi connectivity index (χ2v) is 6.64. The van der Waals surface area contributed by atoms with E-state index in [0.717, 1.165) is 15.8 Å². The van der Waals surface area contributed by atoms with Crippen LogP contribution in [0.4, 0.5) is 10.1 Å². The molecule has 2 aromatic carbocycles. The molecule has 1 N–H and O–H groups in total. The van der Waals surface area contributed by atoms with Gasteiger partial charge in [-0.15, -0.1) is 11.3 Å². The summed E-state index contributed by atoms with van der Waals surface area (Å²) in [7, 11) is 0. The van der Waals surface area contributed by atoms with Gasteiger partial charge in [-0.25, -0.2) is 4.39 Å². The van der Waals surface area contributed by atoms with Crippen LogP contribution >= 0.6 is 11.3 Å². The number of halogens is 1. The van der Waals surface area contributed by atoms with Gasteiger partial charge in [-0.3, -0.25) is 4.79 Å². The van der Waals surface area contributed by atoms with Gasteiger partial charge in [0, 0.05) is 29.7 Å². The van der Waals surface area contributed by atoms with Crippen LogP contribution < -0.4 is 10.2 Å². The standard InChI is InChI=1S/C18H15FN2OS/c19-13-6-7-15-14(10-13)16-17(23-15)18(22)20-8-9-21(16)11-12-4-2-1-3-5-12/h1-7,10H,8-9,11H2,(H,20,22). The van der Waals surface area contributed by atoms with Gasteiger partial charge in [0.15, 0.2) is 0 Å². The van der Waals surface area contributed by atoms with Crippen molar-refractivity contribution < 1.29 is 9.18 Å². The number of nitrogens with one attached hydrogen (secondary N) is 1. The zero-order valence-corrected chi connectivity index (χ0v) is 13.2. The summed E-state index contributed by atoms with van der Waals surface area (Å²) < 4.78 is 14.7. The van der Waals surface area contributed by atoms with E-state index < -0.39 is 0 Å². The monoisotopic (exact) mass is 326 g/mol. The minimum atomic E-state index is -0.276. The largest absolute Gasteiger partial charge is 0.364 e. The number of hydrogen-bond donors (Lipinski definition) is 1. The maximum Gasteiger partial charge on any atom is 0.263 e. The number of carbonyl (C=O) groups excluding carboxylic acids is 1. The fourth-order valence-corrected chi connectivity index (χ4v) is 4.11. The Hall–Kier alpha value is -2.40. The molecule has 2 heterocycles. The summed E-state index contributed by atoms with van der Waals surface area (Å²) in [6.45, 7) is 1.99. The van der Waals surface area contributed by atoms with Crippen molar-refractivity contribution in [2.45, 2.75) is 6.54 Å². The Balaban J connectivity index is 1.86. The number of nitrogens with zero attached hydrogens (tertiary/aromatic N) is 1. The van der Waals surface area contributed by atoms with Crippen LogP contribution in [0, 0.1) is 5.82 Å². The summed E-state index contributed by atoms with van der Waals surface area (Å²) in [5.74, 6) is -0.348. The minimum absolute atomic E-state index is 0.0721. The summed E-state index contributed by atoms with van der Waals surface area (Å²) in [6, 6.07) is 14.8. The number of fused-ring (bicyclic) bond motifs is 3. The minimum Gasteiger partial charge on any atom is -0.364 e. The highest BCUT2D eigenvalue weighted by atomic mass is 32.1. The predicted octanol–water partition coefficient (Wildman–Crippen LogP) is 3.79. The van der Waals surface area contributed by atoms with Crippen molar-refractivity contribution in [3.63, 3.8) is 0 Å². The quantitative estimate of drug-likeness (QED) is 0.777. The van der Waals surface area contributed by atoms with Crippen LogP contribution in [0.15, 0.2) is 48.5 Å². The van der Waals surface area contributed by atoms with Crippen LogP contribution in [0.2, 0.25) is 0 Å². The van der Waals surface area contributed by atoms with Gasteiger partial charge in [-0.1, -0.05) is 30.3 Å². The Morgan fingerprint density at radius 2 is 2.00 bits per heavy atom. The zero-order chi connectivity index (χ0) is 15.8. The Morgan fingerprint density at radius 1 is 1.17 bits per heavy atom. The first-order valence-electron chi connectivity index (χ1n) is 7.51. The molecular formula is C18H15FN2OS. The maximum absolute atomic E-state index is 13.7. The van der Waals surface area contributed by atoms with E-state index in [-0.39, 0.29) is 11.7 Å². The lowest BCUT2D eigenvalue weighted by Gasteiger charge is -2.23. The number of anilines is 1. The highest BCUT2D eigenvalue weighted by Gasteiger charge is 2.26. The molecule has 4 rings (SSSR count). The lowest BCUT2D eigenvalue weighted by Crippen LogP contribution is -2.29. The van der Waals surface area contributed by atoms with Crippen molar-refractivity contribution in [3.8, 4) is 0 Å². The number of amides is 1. The lowest BCUT2D eigenvalue weighted by atomic mass is 10.1. The van der Waals surface area contributed by atoms with Crippen molar-refractivity contribution in [1.29, 1.82) is 0 Å². The normalized spacial score (nSPS) is 14.5. The molecule has 0 saturated heterocycles. The average Bonchev–Trinajstić information content (AvgIpc) is 2.86. The average molecular weight is 326 g/mol. The first-order chi connectivity index (χ1) is 11.2. The van der Waals surface area contributed by atoms with Crippen LogP contribution in [0.5, 0.6) is 0 Å². The van der Waals surface area contributed by atoms with Gasteiger partial charge < -0.3 is 10.2 Å².